The molecule has 90 valence electrons. The van der Waals surface area contributed by atoms with Crippen LogP contribution in [0.15, 0.2) is 6.07 Å². The van der Waals surface area contributed by atoms with Gasteiger partial charge in [-0.2, -0.15) is 5.26 Å². The molecule has 1 aromatic rings. The third kappa shape index (κ3) is 2.87. The Morgan fingerprint density at radius 3 is 3.00 bits per heavy atom. The van der Waals surface area contributed by atoms with Gasteiger partial charge in [-0.3, -0.25) is 0 Å². The summed E-state index contributed by atoms with van der Waals surface area (Å²) in [5, 5.41) is 12.5. The predicted molar refractivity (Wildman–Crippen MR) is 67.9 cm³/mol. The number of hydrogen-bond acceptors (Lipinski definition) is 4. The zero-order valence-corrected chi connectivity index (χ0v) is 10.5. The molecule has 1 aliphatic carbocycles. The van der Waals surface area contributed by atoms with Crippen molar-refractivity contribution in [3.05, 3.63) is 22.3 Å². The average Bonchev–Trinajstić information content (AvgIpc) is 3.13. The number of halogens is 1. The maximum Gasteiger partial charge on any atom is 0.145 e. The molecule has 1 atom stereocenters. The van der Waals surface area contributed by atoms with Crippen molar-refractivity contribution in [2.45, 2.75) is 25.8 Å². The molecular formula is C12H15ClN4. The van der Waals surface area contributed by atoms with E-state index in [1.54, 1.807) is 13.0 Å². The van der Waals surface area contributed by atoms with E-state index in [9.17, 15) is 0 Å². The summed E-state index contributed by atoms with van der Waals surface area (Å²) in [6.45, 7) is 2.46. The lowest BCUT2D eigenvalue weighted by molar-refractivity contribution is 0.620. The zero-order chi connectivity index (χ0) is 12.4. The first kappa shape index (κ1) is 12.2. The fourth-order valence-electron chi connectivity index (χ4n) is 1.72. The minimum Gasteiger partial charge on any atom is -0.367 e. The third-order valence-electron chi connectivity index (χ3n) is 3.02. The monoisotopic (exact) mass is 250 g/mol. The highest BCUT2D eigenvalue weighted by molar-refractivity contribution is 6.33. The van der Waals surface area contributed by atoms with Gasteiger partial charge in [-0.25, -0.2) is 4.98 Å². The van der Waals surface area contributed by atoms with Gasteiger partial charge in [0.15, 0.2) is 0 Å². The highest BCUT2D eigenvalue weighted by atomic mass is 35.5. The number of aryl methyl sites for hydroxylation is 1. The van der Waals surface area contributed by atoms with Crippen molar-refractivity contribution in [2.75, 3.05) is 11.9 Å². The van der Waals surface area contributed by atoms with Crippen molar-refractivity contribution in [1.29, 1.82) is 5.26 Å². The van der Waals surface area contributed by atoms with Crippen molar-refractivity contribution in [3.8, 4) is 6.07 Å². The van der Waals surface area contributed by atoms with Gasteiger partial charge in [0.25, 0.3) is 0 Å². The molecule has 0 aromatic carbocycles. The maximum absolute atomic E-state index is 8.84. The summed E-state index contributed by atoms with van der Waals surface area (Å²) in [6.07, 6.45) is 2.44. The first-order valence-electron chi connectivity index (χ1n) is 5.68. The van der Waals surface area contributed by atoms with Gasteiger partial charge < -0.3 is 11.1 Å². The lowest BCUT2D eigenvalue weighted by Gasteiger charge is -2.13. The first-order chi connectivity index (χ1) is 8.11. The molecule has 2 rings (SSSR count). The summed E-state index contributed by atoms with van der Waals surface area (Å²) in [4.78, 5) is 4.27. The quantitative estimate of drug-likeness (QED) is 0.858. The van der Waals surface area contributed by atoms with Crippen molar-refractivity contribution in [3.63, 3.8) is 0 Å². The highest BCUT2D eigenvalue weighted by Crippen LogP contribution is 2.31. The Morgan fingerprint density at radius 2 is 2.41 bits per heavy atom. The smallest absolute Gasteiger partial charge is 0.145 e. The topological polar surface area (TPSA) is 74.7 Å². The van der Waals surface area contributed by atoms with Crippen molar-refractivity contribution < 1.29 is 0 Å². The molecule has 1 fully saturated rings. The molecule has 3 N–H and O–H groups in total. The minimum atomic E-state index is 0.156. The highest BCUT2D eigenvalue weighted by Gasteiger charge is 2.28. The Labute approximate surface area is 106 Å². The van der Waals surface area contributed by atoms with Crippen LogP contribution in [0.25, 0.3) is 0 Å². The molecule has 4 nitrogen and oxygen atoms in total. The normalized spacial score (nSPS) is 16.4. The summed E-state index contributed by atoms with van der Waals surface area (Å²) < 4.78 is 0. The second-order valence-corrected chi connectivity index (χ2v) is 4.85. The van der Waals surface area contributed by atoms with Crippen LogP contribution in [0.1, 0.15) is 24.1 Å². The fraction of sp³-hybridized carbons (Fsp3) is 0.500. The van der Waals surface area contributed by atoms with Gasteiger partial charge in [-0.05, 0) is 31.7 Å². The van der Waals surface area contributed by atoms with Crippen LogP contribution in [0.3, 0.4) is 0 Å². The van der Waals surface area contributed by atoms with E-state index in [0.29, 0.717) is 34.6 Å². The largest absolute Gasteiger partial charge is 0.367 e. The van der Waals surface area contributed by atoms with E-state index < -0.39 is 0 Å². The van der Waals surface area contributed by atoms with Gasteiger partial charge in [-0.1, -0.05) is 11.6 Å². The molecule has 0 saturated heterocycles. The van der Waals surface area contributed by atoms with Gasteiger partial charge in [-0.15, -0.1) is 0 Å². The van der Waals surface area contributed by atoms with Gasteiger partial charge in [0, 0.05) is 12.6 Å². The van der Waals surface area contributed by atoms with E-state index in [-0.39, 0.29) is 6.04 Å². The van der Waals surface area contributed by atoms with Crippen LogP contribution in [0, 0.1) is 24.2 Å². The lowest BCUT2D eigenvalue weighted by Crippen LogP contribution is -2.31. The standard InChI is InChI=1S/C12H15ClN4/c1-7-9(5-14)4-10(13)12(17-7)16-6-11(15)8-2-3-8/h4,8,11H,2-3,6,15H2,1H3,(H,16,17). The van der Waals surface area contributed by atoms with Gasteiger partial charge in [0.05, 0.1) is 16.3 Å². The van der Waals surface area contributed by atoms with Crippen LogP contribution in [-0.2, 0) is 0 Å². The molecule has 1 aromatic heterocycles. The molecule has 0 bridgehead atoms. The van der Waals surface area contributed by atoms with E-state index in [1.807, 2.05) is 0 Å². The summed E-state index contributed by atoms with van der Waals surface area (Å²) in [6, 6.07) is 3.85. The summed E-state index contributed by atoms with van der Waals surface area (Å²) >= 11 is 6.04. The minimum absolute atomic E-state index is 0.156. The molecular weight excluding hydrogens is 236 g/mol. The molecule has 0 spiro atoms. The molecule has 1 heterocycles. The van der Waals surface area contributed by atoms with Crippen LogP contribution in [-0.4, -0.2) is 17.6 Å². The lowest BCUT2D eigenvalue weighted by atomic mass is 10.2. The van der Waals surface area contributed by atoms with Gasteiger partial charge >= 0.3 is 0 Å². The van der Waals surface area contributed by atoms with Crippen LogP contribution in [0.2, 0.25) is 5.02 Å². The van der Waals surface area contributed by atoms with Gasteiger partial charge in [0.2, 0.25) is 0 Å². The Hall–Kier alpha value is -1.31. The van der Waals surface area contributed by atoms with Crippen molar-refractivity contribution in [1.82, 2.24) is 4.98 Å². The van der Waals surface area contributed by atoms with Crippen LogP contribution in [0.5, 0.6) is 0 Å². The maximum atomic E-state index is 8.84. The number of nitrogens with two attached hydrogens (primary N) is 1. The van der Waals surface area contributed by atoms with E-state index in [0.717, 1.165) is 0 Å². The van der Waals surface area contributed by atoms with Crippen LogP contribution >= 0.6 is 11.6 Å². The van der Waals surface area contributed by atoms with Crippen LogP contribution < -0.4 is 11.1 Å². The zero-order valence-electron chi connectivity index (χ0n) is 9.70. The second-order valence-electron chi connectivity index (χ2n) is 4.45. The SMILES string of the molecule is Cc1nc(NCC(N)C2CC2)c(Cl)cc1C#N. The number of nitrogens with one attached hydrogen (secondary N) is 1. The molecule has 5 heteroatoms. The second kappa shape index (κ2) is 4.91. The van der Waals surface area contributed by atoms with Gasteiger partial charge in [0.1, 0.15) is 11.9 Å². The molecule has 0 amide bonds. The van der Waals surface area contributed by atoms with Crippen molar-refractivity contribution >= 4 is 17.4 Å². The van der Waals surface area contributed by atoms with E-state index in [2.05, 4.69) is 16.4 Å². The Balaban J connectivity index is 2.05. The summed E-state index contributed by atoms with van der Waals surface area (Å²) in [5.74, 6) is 1.25. The Kier molecular flexibility index (Phi) is 3.51. The predicted octanol–water partition coefficient (Wildman–Crippen LogP) is 2.06. The number of nitriles is 1. The summed E-state index contributed by atoms with van der Waals surface area (Å²) in [5.41, 5.74) is 7.17. The van der Waals surface area contributed by atoms with Crippen molar-refractivity contribution in [2.24, 2.45) is 11.7 Å². The molecule has 17 heavy (non-hydrogen) atoms. The molecule has 1 aliphatic rings. The van der Waals surface area contributed by atoms with E-state index in [1.165, 1.54) is 12.8 Å². The number of aromatic nitrogens is 1. The Bertz CT molecular complexity index is 462. The number of pyridine rings is 1. The summed E-state index contributed by atoms with van der Waals surface area (Å²) in [7, 11) is 0. The average molecular weight is 251 g/mol. The molecule has 0 aliphatic heterocycles. The third-order valence-corrected chi connectivity index (χ3v) is 3.31. The number of rotatable bonds is 4. The van der Waals surface area contributed by atoms with E-state index >= 15 is 0 Å². The number of hydrogen-bond donors (Lipinski definition) is 2. The molecule has 1 saturated carbocycles. The Morgan fingerprint density at radius 1 is 1.71 bits per heavy atom. The molecule has 1 unspecified atom stereocenters. The van der Waals surface area contributed by atoms with E-state index in [4.69, 9.17) is 22.6 Å². The van der Waals surface area contributed by atoms with Crippen LogP contribution in [0.4, 0.5) is 5.82 Å². The fourth-order valence-corrected chi connectivity index (χ4v) is 1.94. The number of anilines is 1. The molecule has 0 radical (unpaired) electrons. The first-order valence-corrected chi connectivity index (χ1v) is 6.06. The number of nitrogens with zero attached hydrogens (tertiary/aromatic N) is 2.